The van der Waals surface area contributed by atoms with Crippen molar-refractivity contribution in [2.75, 3.05) is 32.8 Å². The summed E-state index contributed by atoms with van der Waals surface area (Å²) >= 11 is 0. The van der Waals surface area contributed by atoms with Gasteiger partial charge in [0.25, 0.3) is 0 Å². The lowest BCUT2D eigenvalue weighted by atomic mass is 10.1. The van der Waals surface area contributed by atoms with Gasteiger partial charge in [-0.2, -0.15) is 0 Å². The van der Waals surface area contributed by atoms with E-state index in [1.807, 2.05) is 24.3 Å². The predicted octanol–water partition coefficient (Wildman–Crippen LogP) is 2.28. The molecular formula is C17H25N3O2. The summed E-state index contributed by atoms with van der Waals surface area (Å²) < 4.78 is 5.89. The molecule has 120 valence electrons. The van der Waals surface area contributed by atoms with E-state index in [9.17, 15) is 5.11 Å². The second-order valence-electron chi connectivity index (χ2n) is 6.01. The number of aliphatic hydroxyl groups is 1. The normalized spacial score (nSPS) is 20.3. The molecule has 2 heterocycles. The fraction of sp³-hybridized carbons (Fsp3) is 0.588. The van der Waals surface area contributed by atoms with Crippen LogP contribution < -0.4 is 0 Å². The molecule has 0 aliphatic carbocycles. The van der Waals surface area contributed by atoms with Gasteiger partial charge in [-0.15, -0.1) is 0 Å². The maximum Gasteiger partial charge on any atom is 0.212 e. The molecule has 1 aliphatic heterocycles. The molecule has 5 heteroatoms. The third-order valence-corrected chi connectivity index (χ3v) is 4.76. The number of hydrogen-bond acceptors (Lipinski definition) is 5. The zero-order chi connectivity index (χ0) is 15.5. The van der Waals surface area contributed by atoms with Crippen LogP contribution in [0.5, 0.6) is 0 Å². The Morgan fingerprint density at radius 2 is 1.86 bits per heavy atom. The minimum atomic E-state index is 0.184. The second kappa shape index (κ2) is 6.77. The smallest absolute Gasteiger partial charge is 0.212 e. The first-order valence-electron chi connectivity index (χ1n) is 8.17. The lowest BCUT2D eigenvalue weighted by Crippen LogP contribution is -2.51. The second-order valence-corrected chi connectivity index (χ2v) is 6.01. The van der Waals surface area contributed by atoms with Crippen molar-refractivity contribution in [2.24, 2.45) is 0 Å². The van der Waals surface area contributed by atoms with Crippen LogP contribution in [0.15, 0.2) is 28.7 Å². The molecule has 2 atom stereocenters. The highest BCUT2D eigenvalue weighted by atomic mass is 16.3. The lowest BCUT2D eigenvalue weighted by Gasteiger charge is -2.40. The van der Waals surface area contributed by atoms with Gasteiger partial charge in [0, 0.05) is 32.2 Å². The first-order chi connectivity index (χ1) is 10.7. The van der Waals surface area contributed by atoms with Crippen LogP contribution in [-0.2, 0) is 0 Å². The summed E-state index contributed by atoms with van der Waals surface area (Å²) in [5, 5.41) is 9.43. The van der Waals surface area contributed by atoms with Crippen LogP contribution in [0.3, 0.4) is 0 Å². The van der Waals surface area contributed by atoms with Gasteiger partial charge < -0.3 is 9.52 Å². The van der Waals surface area contributed by atoms with E-state index in [0.29, 0.717) is 6.04 Å². The van der Waals surface area contributed by atoms with Crippen LogP contribution in [0.2, 0.25) is 0 Å². The monoisotopic (exact) mass is 303 g/mol. The van der Waals surface area contributed by atoms with Gasteiger partial charge in [-0.05, 0) is 25.5 Å². The highest BCUT2D eigenvalue weighted by Crippen LogP contribution is 2.25. The molecule has 0 spiro atoms. The number of hydrogen-bond donors (Lipinski definition) is 1. The zero-order valence-electron chi connectivity index (χ0n) is 13.4. The molecule has 3 rings (SSSR count). The van der Waals surface area contributed by atoms with E-state index < -0.39 is 0 Å². The Hall–Kier alpha value is -1.43. The van der Waals surface area contributed by atoms with E-state index in [1.165, 1.54) is 0 Å². The first-order valence-corrected chi connectivity index (χ1v) is 8.17. The van der Waals surface area contributed by atoms with E-state index in [1.54, 1.807) is 0 Å². The SMILES string of the molecule is CCC(CO)N1CCN(C(C)c2nc3ccccc3o2)CC1. The number of para-hydroxylation sites is 2. The molecule has 1 saturated heterocycles. The first kappa shape index (κ1) is 15.5. The van der Waals surface area contributed by atoms with Crippen LogP contribution >= 0.6 is 0 Å². The van der Waals surface area contributed by atoms with Crippen LogP contribution in [0.1, 0.15) is 32.2 Å². The number of nitrogens with zero attached hydrogens (tertiary/aromatic N) is 3. The summed E-state index contributed by atoms with van der Waals surface area (Å²) in [5.41, 5.74) is 1.78. The van der Waals surface area contributed by atoms with Crippen LogP contribution in [0, 0.1) is 0 Å². The Kier molecular flexibility index (Phi) is 4.76. The van der Waals surface area contributed by atoms with E-state index >= 15 is 0 Å². The van der Waals surface area contributed by atoms with Crippen molar-refractivity contribution >= 4 is 11.1 Å². The summed E-state index contributed by atoms with van der Waals surface area (Å²) in [6, 6.07) is 8.38. The molecule has 0 saturated carbocycles. The van der Waals surface area contributed by atoms with Crippen molar-refractivity contribution in [3.05, 3.63) is 30.2 Å². The number of aliphatic hydroxyl groups excluding tert-OH is 1. The summed E-state index contributed by atoms with van der Waals surface area (Å²) in [5.74, 6) is 0.795. The van der Waals surface area contributed by atoms with E-state index in [0.717, 1.165) is 49.6 Å². The lowest BCUT2D eigenvalue weighted by molar-refractivity contribution is 0.0438. The van der Waals surface area contributed by atoms with Gasteiger partial charge in [0.2, 0.25) is 5.89 Å². The minimum Gasteiger partial charge on any atom is -0.439 e. The summed E-state index contributed by atoms with van der Waals surface area (Å²) in [7, 11) is 0. The predicted molar refractivity (Wildman–Crippen MR) is 86.7 cm³/mol. The van der Waals surface area contributed by atoms with E-state index in [4.69, 9.17) is 4.42 Å². The molecule has 1 aromatic heterocycles. The van der Waals surface area contributed by atoms with Crippen LogP contribution in [-0.4, -0.2) is 58.7 Å². The Bertz CT molecular complexity index is 568. The largest absolute Gasteiger partial charge is 0.439 e. The summed E-state index contributed by atoms with van der Waals surface area (Å²) in [6.07, 6.45) is 0.997. The maximum atomic E-state index is 9.43. The molecule has 1 aliphatic rings. The average molecular weight is 303 g/mol. The maximum absolute atomic E-state index is 9.43. The third-order valence-electron chi connectivity index (χ3n) is 4.76. The van der Waals surface area contributed by atoms with Crippen molar-refractivity contribution in [3.63, 3.8) is 0 Å². The Morgan fingerprint density at radius 1 is 1.18 bits per heavy atom. The number of piperazine rings is 1. The van der Waals surface area contributed by atoms with Crippen molar-refractivity contribution in [3.8, 4) is 0 Å². The van der Waals surface area contributed by atoms with Gasteiger partial charge in [-0.25, -0.2) is 4.98 Å². The average Bonchev–Trinajstić information content (AvgIpc) is 3.00. The van der Waals surface area contributed by atoms with Crippen molar-refractivity contribution in [1.29, 1.82) is 0 Å². The molecule has 0 radical (unpaired) electrons. The number of aromatic nitrogens is 1. The fourth-order valence-electron chi connectivity index (χ4n) is 3.22. The summed E-state index contributed by atoms with van der Waals surface area (Å²) in [4.78, 5) is 9.40. The zero-order valence-corrected chi connectivity index (χ0v) is 13.4. The number of benzene rings is 1. The van der Waals surface area contributed by atoms with Crippen molar-refractivity contribution < 1.29 is 9.52 Å². The Morgan fingerprint density at radius 3 is 2.50 bits per heavy atom. The number of fused-ring (bicyclic) bond motifs is 1. The van der Waals surface area contributed by atoms with Gasteiger partial charge in [-0.1, -0.05) is 19.1 Å². The standard InChI is InChI=1S/C17H25N3O2/c1-3-14(12-21)20-10-8-19(9-11-20)13(2)17-18-15-6-4-5-7-16(15)22-17/h4-7,13-14,21H,3,8-12H2,1-2H3. The Balaban J connectivity index is 1.65. The van der Waals surface area contributed by atoms with E-state index in [2.05, 4.69) is 28.6 Å². The van der Waals surface area contributed by atoms with Crippen LogP contribution in [0.4, 0.5) is 0 Å². The summed E-state index contributed by atoms with van der Waals surface area (Å²) in [6.45, 7) is 8.48. The molecule has 1 fully saturated rings. The molecule has 22 heavy (non-hydrogen) atoms. The topological polar surface area (TPSA) is 52.7 Å². The fourth-order valence-corrected chi connectivity index (χ4v) is 3.22. The quantitative estimate of drug-likeness (QED) is 0.918. The highest BCUT2D eigenvalue weighted by molar-refractivity contribution is 5.72. The van der Waals surface area contributed by atoms with Crippen molar-refractivity contribution in [2.45, 2.75) is 32.4 Å². The van der Waals surface area contributed by atoms with Gasteiger partial charge in [0.15, 0.2) is 5.58 Å². The minimum absolute atomic E-state index is 0.184. The molecule has 2 aromatic rings. The molecule has 1 aromatic carbocycles. The van der Waals surface area contributed by atoms with Gasteiger partial charge in [0.05, 0.1) is 12.6 Å². The molecule has 1 N–H and O–H groups in total. The number of oxazole rings is 1. The molecule has 0 amide bonds. The molecular weight excluding hydrogens is 278 g/mol. The van der Waals surface area contributed by atoms with Gasteiger partial charge >= 0.3 is 0 Å². The molecule has 0 bridgehead atoms. The third kappa shape index (κ3) is 3.02. The van der Waals surface area contributed by atoms with Crippen LogP contribution in [0.25, 0.3) is 11.1 Å². The van der Waals surface area contributed by atoms with E-state index in [-0.39, 0.29) is 12.6 Å². The Labute approximate surface area is 131 Å². The van der Waals surface area contributed by atoms with Gasteiger partial charge in [0.1, 0.15) is 5.52 Å². The number of rotatable bonds is 5. The van der Waals surface area contributed by atoms with Gasteiger partial charge in [-0.3, -0.25) is 9.80 Å². The molecule has 2 unspecified atom stereocenters. The molecule has 5 nitrogen and oxygen atoms in total. The highest BCUT2D eigenvalue weighted by Gasteiger charge is 2.27. The van der Waals surface area contributed by atoms with Crippen molar-refractivity contribution in [1.82, 2.24) is 14.8 Å².